The molecule has 2 heterocycles. The van der Waals surface area contributed by atoms with Crippen LogP contribution in [0.1, 0.15) is 21.6 Å². The molecule has 0 N–H and O–H groups in total. The van der Waals surface area contributed by atoms with E-state index in [-0.39, 0.29) is 4.06 Å². The average Bonchev–Trinajstić information content (AvgIpc) is 2.97. The van der Waals surface area contributed by atoms with Gasteiger partial charge in [-0.1, -0.05) is 59.1 Å². The molecule has 3 aromatic rings. The molecule has 0 saturated heterocycles. The zero-order chi connectivity index (χ0) is 13.3. The van der Waals surface area contributed by atoms with E-state index in [0.29, 0.717) is 10.5 Å². The minimum absolute atomic E-state index is 0.224. The standard InChI is InChI=1S/C15H8OS4/c16-15-19-13-14(20-15)18-12-9-6-2-4-7-3-1-5-8(10(7)9)11(12)17-13/h1-6,11-12H/t11-,12+. The van der Waals surface area contributed by atoms with Crippen molar-refractivity contribution in [3.8, 4) is 0 Å². The van der Waals surface area contributed by atoms with Crippen LogP contribution < -0.4 is 4.06 Å². The third kappa shape index (κ3) is 1.49. The lowest BCUT2D eigenvalue weighted by atomic mass is 10.1. The fourth-order valence-electron chi connectivity index (χ4n) is 3.08. The highest BCUT2D eigenvalue weighted by Gasteiger charge is 2.40. The van der Waals surface area contributed by atoms with Gasteiger partial charge >= 0.3 is 0 Å². The maximum atomic E-state index is 11.6. The SMILES string of the molecule is O=c1sc2c(s1)S[C@H]1c3cccc4cccc(c34)[C@H]1S2. The van der Waals surface area contributed by atoms with Crippen LogP contribution in [-0.2, 0) is 0 Å². The first-order chi connectivity index (χ1) is 9.81. The number of hydrogen-bond donors (Lipinski definition) is 0. The number of thioether (sulfide) groups is 2. The lowest BCUT2D eigenvalue weighted by Gasteiger charge is -2.24. The van der Waals surface area contributed by atoms with E-state index in [1.165, 1.54) is 53.0 Å². The summed E-state index contributed by atoms with van der Waals surface area (Å²) in [6.07, 6.45) is 0. The Balaban J connectivity index is 1.78. The summed E-state index contributed by atoms with van der Waals surface area (Å²) >= 11 is 6.60. The minimum atomic E-state index is 0.224. The number of rotatable bonds is 0. The molecule has 2 aliphatic rings. The normalized spacial score (nSPS) is 22.8. The highest BCUT2D eigenvalue weighted by molar-refractivity contribution is 8.08. The smallest absolute Gasteiger partial charge is 0.265 e. The van der Waals surface area contributed by atoms with E-state index in [0.717, 1.165) is 0 Å². The van der Waals surface area contributed by atoms with Gasteiger partial charge in [0.15, 0.2) is 0 Å². The monoisotopic (exact) mass is 332 g/mol. The lowest BCUT2D eigenvalue weighted by molar-refractivity contribution is 0.951. The van der Waals surface area contributed by atoms with Crippen LogP contribution >= 0.6 is 46.2 Å². The molecule has 0 radical (unpaired) electrons. The molecule has 0 amide bonds. The van der Waals surface area contributed by atoms with Gasteiger partial charge in [0, 0.05) is 0 Å². The van der Waals surface area contributed by atoms with Crippen molar-refractivity contribution in [2.75, 3.05) is 0 Å². The molecule has 2 aromatic carbocycles. The highest BCUT2D eigenvalue weighted by atomic mass is 32.2. The molecule has 0 saturated carbocycles. The van der Waals surface area contributed by atoms with Gasteiger partial charge in [0.05, 0.1) is 18.9 Å². The largest absolute Gasteiger partial charge is 0.289 e. The summed E-state index contributed by atoms with van der Waals surface area (Å²) in [4.78, 5) is 11.6. The Kier molecular flexibility index (Phi) is 2.45. The van der Waals surface area contributed by atoms with E-state index >= 15 is 0 Å². The topological polar surface area (TPSA) is 17.1 Å². The van der Waals surface area contributed by atoms with Gasteiger partial charge in [0.2, 0.25) is 0 Å². The van der Waals surface area contributed by atoms with Gasteiger partial charge in [-0.05, 0) is 21.9 Å². The van der Waals surface area contributed by atoms with Crippen molar-refractivity contribution in [1.82, 2.24) is 0 Å². The van der Waals surface area contributed by atoms with Crippen molar-refractivity contribution in [3.05, 3.63) is 56.4 Å². The second kappa shape index (κ2) is 4.13. The fourth-order valence-corrected chi connectivity index (χ4v) is 9.25. The van der Waals surface area contributed by atoms with E-state index in [2.05, 4.69) is 36.4 Å². The zero-order valence-corrected chi connectivity index (χ0v) is 13.4. The number of benzene rings is 2. The summed E-state index contributed by atoms with van der Waals surface area (Å²) < 4.78 is 2.66. The Morgan fingerprint density at radius 1 is 0.800 bits per heavy atom. The van der Waals surface area contributed by atoms with Gasteiger partial charge in [-0.3, -0.25) is 4.79 Å². The van der Waals surface area contributed by atoms with Crippen LogP contribution in [0.3, 0.4) is 0 Å². The van der Waals surface area contributed by atoms with Crippen LogP contribution in [0.15, 0.2) is 49.6 Å². The Hall–Kier alpha value is -0.750. The summed E-state index contributed by atoms with van der Waals surface area (Å²) in [5.41, 5.74) is 2.88. The van der Waals surface area contributed by atoms with E-state index in [4.69, 9.17) is 0 Å². The van der Waals surface area contributed by atoms with Crippen LogP contribution in [0.25, 0.3) is 10.8 Å². The van der Waals surface area contributed by atoms with Crippen LogP contribution in [0.5, 0.6) is 0 Å². The van der Waals surface area contributed by atoms with Crippen molar-refractivity contribution < 1.29 is 0 Å². The predicted molar refractivity (Wildman–Crippen MR) is 89.6 cm³/mol. The minimum Gasteiger partial charge on any atom is -0.265 e. The van der Waals surface area contributed by atoms with Gasteiger partial charge in [-0.15, -0.1) is 23.5 Å². The molecule has 1 aliphatic heterocycles. The molecule has 0 unspecified atom stereocenters. The van der Waals surface area contributed by atoms with Gasteiger partial charge in [0.1, 0.15) is 0 Å². The van der Waals surface area contributed by atoms with Gasteiger partial charge in [-0.25, -0.2) is 0 Å². The lowest BCUT2D eigenvalue weighted by Crippen LogP contribution is -2.01. The van der Waals surface area contributed by atoms with Crippen LogP contribution in [0.2, 0.25) is 0 Å². The summed E-state index contributed by atoms with van der Waals surface area (Å²) in [5, 5.41) is 3.69. The molecule has 98 valence electrons. The maximum Gasteiger partial charge on any atom is 0.289 e. The van der Waals surface area contributed by atoms with E-state index in [9.17, 15) is 4.79 Å². The van der Waals surface area contributed by atoms with Gasteiger partial charge < -0.3 is 0 Å². The number of hydrogen-bond acceptors (Lipinski definition) is 5. The Morgan fingerprint density at radius 2 is 1.35 bits per heavy atom. The molecule has 0 spiro atoms. The van der Waals surface area contributed by atoms with Crippen LogP contribution in [-0.4, -0.2) is 0 Å². The van der Waals surface area contributed by atoms with E-state index in [1.807, 2.05) is 23.5 Å². The quantitative estimate of drug-likeness (QED) is 0.555. The molecule has 1 aliphatic carbocycles. The first kappa shape index (κ1) is 11.9. The van der Waals surface area contributed by atoms with Gasteiger partial charge in [0.25, 0.3) is 4.06 Å². The number of fused-ring (bicyclic) bond motifs is 4. The molecule has 1 aromatic heterocycles. The molecular weight excluding hydrogens is 324 g/mol. The van der Waals surface area contributed by atoms with E-state index in [1.54, 1.807) is 0 Å². The van der Waals surface area contributed by atoms with Gasteiger partial charge in [-0.2, -0.15) is 0 Å². The van der Waals surface area contributed by atoms with E-state index < -0.39 is 0 Å². The Bertz CT molecular complexity index is 840. The molecule has 2 atom stereocenters. The molecule has 20 heavy (non-hydrogen) atoms. The summed E-state index contributed by atoms with van der Waals surface area (Å²) in [6, 6.07) is 13.2. The highest BCUT2D eigenvalue weighted by Crippen LogP contribution is 2.65. The van der Waals surface area contributed by atoms with Crippen LogP contribution in [0, 0.1) is 0 Å². The van der Waals surface area contributed by atoms with Crippen LogP contribution in [0.4, 0.5) is 0 Å². The maximum absolute atomic E-state index is 11.6. The zero-order valence-electron chi connectivity index (χ0n) is 10.2. The molecule has 0 fully saturated rings. The van der Waals surface area contributed by atoms with Crippen molar-refractivity contribution in [2.24, 2.45) is 0 Å². The van der Waals surface area contributed by atoms with Crippen molar-refractivity contribution in [3.63, 3.8) is 0 Å². The summed E-state index contributed by atoms with van der Waals surface area (Å²) in [5.74, 6) is 0. The molecule has 5 rings (SSSR count). The summed E-state index contributed by atoms with van der Waals surface area (Å²) in [6.45, 7) is 0. The van der Waals surface area contributed by atoms with Crippen molar-refractivity contribution >= 4 is 57.0 Å². The van der Waals surface area contributed by atoms with Crippen molar-refractivity contribution in [1.29, 1.82) is 0 Å². The van der Waals surface area contributed by atoms with Crippen molar-refractivity contribution in [2.45, 2.75) is 18.9 Å². The molecular formula is C15H8OS4. The second-order valence-corrected chi connectivity index (χ2v) is 9.94. The molecule has 5 heteroatoms. The first-order valence-corrected chi connectivity index (χ1v) is 9.69. The third-order valence-corrected chi connectivity index (χ3v) is 9.62. The molecule has 1 nitrogen and oxygen atoms in total. The fraction of sp³-hybridized carbons (Fsp3) is 0.133. The Morgan fingerprint density at radius 3 is 1.90 bits per heavy atom. The molecule has 0 bridgehead atoms. The second-order valence-electron chi connectivity index (χ2n) is 4.90. The first-order valence-electron chi connectivity index (χ1n) is 6.30. The third-order valence-electron chi connectivity index (χ3n) is 3.84. The average molecular weight is 332 g/mol. The predicted octanol–water partition coefficient (Wildman–Crippen LogP) is 5.32. The summed E-state index contributed by atoms with van der Waals surface area (Å²) in [7, 11) is 0. The Labute approximate surface area is 132 Å².